The average Bonchev–Trinajstić information content (AvgIpc) is 3.21. The number of alkyl halides is 3. The van der Waals surface area contributed by atoms with E-state index >= 15 is 0 Å². The number of rotatable bonds is 4. The van der Waals surface area contributed by atoms with Gasteiger partial charge in [0.25, 0.3) is 0 Å². The van der Waals surface area contributed by atoms with E-state index in [4.69, 9.17) is 4.74 Å². The second-order valence-corrected chi connectivity index (χ2v) is 5.80. The van der Waals surface area contributed by atoms with Gasteiger partial charge in [0.1, 0.15) is 5.75 Å². The van der Waals surface area contributed by atoms with Crippen LogP contribution >= 0.6 is 0 Å². The Balaban J connectivity index is 1.83. The minimum atomic E-state index is -4.24. The Kier molecular flexibility index (Phi) is 3.61. The molecule has 116 valence electrons. The van der Waals surface area contributed by atoms with Gasteiger partial charge in [-0.1, -0.05) is 6.07 Å². The summed E-state index contributed by atoms with van der Waals surface area (Å²) >= 11 is 0. The molecular formula is C15H18F3NO2. The van der Waals surface area contributed by atoms with Crippen molar-refractivity contribution in [2.75, 3.05) is 13.7 Å². The first kappa shape index (κ1) is 14.7. The highest BCUT2D eigenvalue weighted by molar-refractivity contribution is 5.42. The Hall–Kier alpha value is -1.27. The van der Waals surface area contributed by atoms with Crippen LogP contribution in [-0.4, -0.2) is 41.9 Å². The third-order valence-corrected chi connectivity index (χ3v) is 4.27. The van der Waals surface area contributed by atoms with E-state index in [1.54, 1.807) is 12.1 Å². The van der Waals surface area contributed by atoms with E-state index in [9.17, 15) is 18.3 Å². The molecule has 6 heteroatoms. The molecule has 1 N–H and O–H groups in total. The van der Waals surface area contributed by atoms with Gasteiger partial charge in [-0.3, -0.25) is 4.90 Å². The van der Waals surface area contributed by atoms with E-state index in [2.05, 4.69) is 0 Å². The first-order valence-corrected chi connectivity index (χ1v) is 7.06. The van der Waals surface area contributed by atoms with Crippen LogP contribution in [0.4, 0.5) is 13.2 Å². The number of ether oxygens (including phenoxy) is 1. The van der Waals surface area contributed by atoms with E-state index in [0.717, 1.165) is 18.4 Å². The minimum Gasteiger partial charge on any atom is -0.497 e. The summed E-state index contributed by atoms with van der Waals surface area (Å²) in [5.41, 5.74) is 1.59. The van der Waals surface area contributed by atoms with Crippen molar-refractivity contribution in [2.45, 2.75) is 43.6 Å². The lowest BCUT2D eigenvalue weighted by atomic mass is 10.1. The maximum Gasteiger partial charge on any atom is 0.401 e. The summed E-state index contributed by atoms with van der Waals surface area (Å²) in [6, 6.07) is 4.78. The van der Waals surface area contributed by atoms with Gasteiger partial charge in [-0.05, 0) is 42.5 Å². The van der Waals surface area contributed by atoms with Crippen molar-refractivity contribution in [3.63, 3.8) is 0 Å². The normalized spacial score (nSPS) is 25.2. The van der Waals surface area contributed by atoms with Crippen molar-refractivity contribution in [2.24, 2.45) is 0 Å². The fourth-order valence-electron chi connectivity index (χ4n) is 3.13. The lowest BCUT2D eigenvalue weighted by Gasteiger charge is -2.31. The molecule has 3 rings (SSSR count). The quantitative estimate of drug-likeness (QED) is 0.928. The number of hydrogen-bond donors (Lipinski definition) is 1. The third-order valence-electron chi connectivity index (χ3n) is 4.27. The molecule has 0 aromatic heterocycles. The summed E-state index contributed by atoms with van der Waals surface area (Å²) in [5.74, 6) is 0.613. The van der Waals surface area contributed by atoms with Gasteiger partial charge in [0, 0.05) is 12.1 Å². The van der Waals surface area contributed by atoms with Crippen molar-refractivity contribution in [3.05, 3.63) is 29.3 Å². The van der Waals surface area contributed by atoms with Gasteiger partial charge >= 0.3 is 6.18 Å². The predicted molar refractivity (Wildman–Crippen MR) is 71.2 cm³/mol. The molecule has 1 saturated carbocycles. The fraction of sp³-hybridized carbons (Fsp3) is 0.600. The smallest absolute Gasteiger partial charge is 0.401 e. The number of aliphatic hydroxyl groups is 1. The number of benzene rings is 1. The van der Waals surface area contributed by atoms with Crippen molar-refractivity contribution in [3.8, 4) is 5.75 Å². The lowest BCUT2D eigenvalue weighted by Crippen LogP contribution is -2.45. The molecule has 21 heavy (non-hydrogen) atoms. The second kappa shape index (κ2) is 5.18. The SMILES string of the molecule is COc1ccc2c(c1)C(O)C(N(CC(F)(F)F)C1CC1)C2. The van der Waals surface area contributed by atoms with E-state index in [0.29, 0.717) is 17.7 Å². The van der Waals surface area contributed by atoms with E-state index in [-0.39, 0.29) is 6.04 Å². The molecule has 0 saturated heterocycles. The summed E-state index contributed by atoms with van der Waals surface area (Å²) < 4.78 is 43.5. The summed E-state index contributed by atoms with van der Waals surface area (Å²) in [6.07, 6.45) is -3.13. The largest absolute Gasteiger partial charge is 0.497 e. The van der Waals surface area contributed by atoms with Crippen molar-refractivity contribution < 1.29 is 23.0 Å². The van der Waals surface area contributed by atoms with Crippen LogP contribution in [0.2, 0.25) is 0 Å². The standard InChI is InChI=1S/C15H18F3NO2/c1-21-11-5-2-9-6-13(14(20)12(9)7-11)19(10-3-4-10)8-15(16,17)18/h2,5,7,10,13-14,20H,3-4,6,8H2,1H3. The van der Waals surface area contributed by atoms with Crippen molar-refractivity contribution in [1.29, 1.82) is 0 Å². The molecule has 3 nitrogen and oxygen atoms in total. The van der Waals surface area contributed by atoms with Crippen LogP contribution in [0.1, 0.15) is 30.1 Å². The molecule has 2 aliphatic rings. The summed E-state index contributed by atoms with van der Waals surface area (Å²) in [7, 11) is 1.53. The zero-order chi connectivity index (χ0) is 15.2. The molecule has 0 heterocycles. The molecule has 0 spiro atoms. The number of nitrogens with zero attached hydrogens (tertiary/aromatic N) is 1. The Labute approximate surface area is 121 Å². The first-order valence-electron chi connectivity index (χ1n) is 7.06. The highest BCUT2D eigenvalue weighted by Gasteiger charge is 2.46. The molecule has 2 atom stereocenters. The molecule has 0 radical (unpaired) electrons. The highest BCUT2D eigenvalue weighted by Crippen LogP contribution is 2.41. The highest BCUT2D eigenvalue weighted by atomic mass is 19.4. The maximum atomic E-state index is 12.8. The van der Waals surface area contributed by atoms with Gasteiger partial charge in [-0.25, -0.2) is 0 Å². The zero-order valence-electron chi connectivity index (χ0n) is 11.7. The van der Waals surface area contributed by atoms with Gasteiger partial charge in [0.15, 0.2) is 0 Å². The van der Waals surface area contributed by atoms with Gasteiger partial charge in [0.05, 0.1) is 19.8 Å². The second-order valence-electron chi connectivity index (χ2n) is 5.80. The Morgan fingerprint density at radius 2 is 2.05 bits per heavy atom. The van der Waals surface area contributed by atoms with Crippen LogP contribution in [0.5, 0.6) is 5.75 Å². The van der Waals surface area contributed by atoms with Crippen LogP contribution in [0.25, 0.3) is 0 Å². The molecule has 1 aromatic rings. The first-order chi connectivity index (χ1) is 9.89. The molecule has 2 aliphatic carbocycles. The predicted octanol–water partition coefficient (Wildman–Crippen LogP) is 2.68. The number of methoxy groups -OCH3 is 1. The summed E-state index contributed by atoms with van der Waals surface area (Å²) in [6.45, 7) is -0.954. The molecule has 0 bridgehead atoms. The Morgan fingerprint density at radius 3 is 2.62 bits per heavy atom. The average molecular weight is 301 g/mol. The van der Waals surface area contributed by atoms with Crippen LogP contribution in [0.3, 0.4) is 0 Å². The van der Waals surface area contributed by atoms with E-state index < -0.39 is 24.9 Å². The van der Waals surface area contributed by atoms with Gasteiger partial charge in [-0.15, -0.1) is 0 Å². The molecule has 1 aromatic carbocycles. The van der Waals surface area contributed by atoms with Crippen LogP contribution in [0.15, 0.2) is 18.2 Å². The van der Waals surface area contributed by atoms with Gasteiger partial charge in [-0.2, -0.15) is 13.2 Å². The topological polar surface area (TPSA) is 32.7 Å². The number of fused-ring (bicyclic) bond motifs is 1. The van der Waals surface area contributed by atoms with Gasteiger partial charge in [0.2, 0.25) is 0 Å². The fourth-order valence-corrected chi connectivity index (χ4v) is 3.13. The molecule has 1 fully saturated rings. The monoisotopic (exact) mass is 301 g/mol. The summed E-state index contributed by atoms with van der Waals surface area (Å²) in [4.78, 5) is 1.43. The zero-order valence-corrected chi connectivity index (χ0v) is 11.7. The Bertz CT molecular complexity index is 528. The Morgan fingerprint density at radius 1 is 1.33 bits per heavy atom. The molecule has 0 aliphatic heterocycles. The molecular weight excluding hydrogens is 283 g/mol. The maximum absolute atomic E-state index is 12.8. The molecule has 2 unspecified atom stereocenters. The number of hydrogen-bond acceptors (Lipinski definition) is 3. The van der Waals surface area contributed by atoms with Crippen molar-refractivity contribution >= 4 is 0 Å². The lowest BCUT2D eigenvalue weighted by molar-refractivity contribution is -0.156. The van der Waals surface area contributed by atoms with E-state index in [1.807, 2.05) is 6.07 Å². The van der Waals surface area contributed by atoms with Crippen LogP contribution in [-0.2, 0) is 6.42 Å². The summed E-state index contributed by atoms with van der Waals surface area (Å²) in [5, 5.41) is 10.4. The van der Waals surface area contributed by atoms with Crippen LogP contribution < -0.4 is 4.74 Å². The minimum absolute atomic E-state index is 0.0533. The number of aliphatic hydroxyl groups excluding tert-OH is 1. The van der Waals surface area contributed by atoms with E-state index in [1.165, 1.54) is 12.0 Å². The third kappa shape index (κ3) is 3.01. The van der Waals surface area contributed by atoms with Crippen molar-refractivity contribution in [1.82, 2.24) is 4.90 Å². The molecule has 0 amide bonds. The number of halogens is 3. The van der Waals surface area contributed by atoms with Crippen LogP contribution in [0, 0.1) is 0 Å². The van der Waals surface area contributed by atoms with Gasteiger partial charge < -0.3 is 9.84 Å².